The Kier molecular flexibility index (Phi) is 3.62. The monoisotopic (exact) mass is 299 g/mol. The summed E-state index contributed by atoms with van der Waals surface area (Å²) in [6.07, 6.45) is 1.77. The van der Waals surface area contributed by atoms with E-state index in [2.05, 4.69) is 10.3 Å². The van der Waals surface area contributed by atoms with E-state index in [-0.39, 0.29) is 5.91 Å². The summed E-state index contributed by atoms with van der Waals surface area (Å²) < 4.78 is 1.96. The van der Waals surface area contributed by atoms with Gasteiger partial charge in [0, 0.05) is 13.6 Å². The summed E-state index contributed by atoms with van der Waals surface area (Å²) in [5.41, 5.74) is 3.47. The zero-order valence-corrected chi connectivity index (χ0v) is 12.3. The number of amides is 1. The number of hydrogen-bond acceptors (Lipinski definition) is 2. The van der Waals surface area contributed by atoms with E-state index in [1.165, 1.54) is 0 Å². The van der Waals surface area contributed by atoms with Gasteiger partial charge in [-0.15, -0.1) is 0 Å². The van der Waals surface area contributed by atoms with E-state index >= 15 is 0 Å². The Balaban J connectivity index is 1.74. The second-order valence-corrected chi connectivity index (χ2v) is 5.25. The second-order valence-electron chi connectivity index (χ2n) is 4.84. The van der Waals surface area contributed by atoms with Crippen LogP contribution in [0.4, 0.5) is 0 Å². The van der Waals surface area contributed by atoms with Crippen LogP contribution < -0.4 is 5.32 Å². The molecule has 0 aliphatic carbocycles. The van der Waals surface area contributed by atoms with Gasteiger partial charge in [-0.05, 0) is 29.8 Å². The molecule has 0 radical (unpaired) electrons. The number of carbonyl (C=O) groups excluding carboxylic acids is 1. The van der Waals surface area contributed by atoms with Crippen molar-refractivity contribution in [1.29, 1.82) is 0 Å². The predicted octanol–water partition coefficient (Wildman–Crippen LogP) is 3.16. The Hall–Kier alpha value is -2.33. The first-order valence-electron chi connectivity index (χ1n) is 6.58. The van der Waals surface area contributed by atoms with Crippen molar-refractivity contribution in [2.24, 2.45) is 7.05 Å². The molecule has 1 aromatic heterocycles. The summed E-state index contributed by atoms with van der Waals surface area (Å²) >= 11 is 6.01. The molecule has 0 bridgehead atoms. The molecule has 0 aliphatic heterocycles. The van der Waals surface area contributed by atoms with Crippen LogP contribution >= 0.6 is 11.6 Å². The molecule has 106 valence electrons. The Morgan fingerprint density at radius 2 is 2.10 bits per heavy atom. The van der Waals surface area contributed by atoms with Crippen LogP contribution in [0.3, 0.4) is 0 Å². The molecule has 2 aromatic carbocycles. The fourth-order valence-corrected chi connectivity index (χ4v) is 2.44. The highest BCUT2D eigenvalue weighted by atomic mass is 35.5. The third-order valence-electron chi connectivity index (χ3n) is 3.36. The van der Waals surface area contributed by atoms with E-state index in [1.54, 1.807) is 30.6 Å². The van der Waals surface area contributed by atoms with Crippen molar-refractivity contribution >= 4 is 28.5 Å². The fraction of sp³-hybridized carbons (Fsp3) is 0.125. The van der Waals surface area contributed by atoms with Crippen molar-refractivity contribution in [2.75, 3.05) is 0 Å². The summed E-state index contributed by atoms with van der Waals surface area (Å²) in [5, 5.41) is 3.32. The first-order chi connectivity index (χ1) is 10.1. The van der Waals surface area contributed by atoms with Gasteiger partial charge in [0.25, 0.3) is 5.91 Å². The molecule has 4 nitrogen and oxygen atoms in total. The Morgan fingerprint density at radius 3 is 2.90 bits per heavy atom. The maximum Gasteiger partial charge on any atom is 0.253 e. The molecule has 0 unspecified atom stereocenters. The molecule has 0 saturated heterocycles. The van der Waals surface area contributed by atoms with Crippen LogP contribution in [0.5, 0.6) is 0 Å². The van der Waals surface area contributed by atoms with Crippen molar-refractivity contribution in [3.63, 3.8) is 0 Å². The average molecular weight is 300 g/mol. The van der Waals surface area contributed by atoms with Crippen LogP contribution in [0.1, 0.15) is 15.9 Å². The van der Waals surface area contributed by atoms with Crippen molar-refractivity contribution in [1.82, 2.24) is 14.9 Å². The standard InChI is InChI=1S/C16H14ClN3O/c1-20-10-19-14-8-11(6-7-15(14)20)9-18-16(21)12-4-2-3-5-13(12)17/h2-8,10H,9H2,1H3,(H,18,21). The molecule has 3 aromatic rings. The summed E-state index contributed by atoms with van der Waals surface area (Å²) in [7, 11) is 1.95. The number of rotatable bonds is 3. The maximum atomic E-state index is 12.1. The largest absolute Gasteiger partial charge is 0.348 e. The highest BCUT2D eigenvalue weighted by molar-refractivity contribution is 6.33. The molecule has 0 fully saturated rings. The molecule has 3 rings (SSSR count). The van der Waals surface area contributed by atoms with Gasteiger partial charge in [0.05, 0.1) is 27.9 Å². The van der Waals surface area contributed by atoms with E-state index in [1.807, 2.05) is 29.8 Å². The third kappa shape index (κ3) is 2.76. The first-order valence-corrected chi connectivity index (χ1v) is 6.95. The maximum absolute atomic E-state index is 12.1. The summed E-state index contributed by atoms with van der Waals surface area (Å²) in [5.74, 6) is -0.179. The van der Waals surface area contributed by atoms with Gasteiger partial charge >= 0.3 is 0 Å². The second kappa shape index (κ2) is 5.58. The SMILES string of the molecule is Cn1cnc2cc(CNC(=O)c3ccccc3Cl)ccc21. The van der Waals surface area contributed by atoms with Gasteiger partial charge in [-0.3, -0.25) is 4.79 Å². The Bertz CT molecular complexity index is 810. The fourth-order valence-electron chi connectivity index (χ4n) is 2.21. The van der Waals surface area contributed by atoms with Crippen molar-refractivity contribution in [2.45, 2.75) is 6.54 Å². The zero-order valence-electron chi connectivity index (χ0n) is 11.5. The zero-order chi connectivity index (χ0) is 14.8. The van der Waals surface area contributed by atoms with Gasteiger partial charge in [-0.2, -0.15) is 0 Å². The number of hydrogen-bond donors (Lipinski definition) is 1. The van der Waals surface area contributed by atoms with Gasteiger partial charge in [-0.25, -0.2) is 4.98 Å². The summed E-state index contributed by atoms with van der Waals surface area (Å²) in [6.45, 7) is 0.441. The molecule has 0 spiro atoms. The molecule has 5 heteroatoms. The van der Waals surface area contributed by atoms with Crippen LogP contribution in [0.25, 0.3) is 11.0 Å². The Labute approximate surface area is 127 Å². The minimum Gasteiger partial charge on any atom is -0.348 e. The van der Waals surface area contributed by atoms with Crippen LogP contribution in [0, 0.1) is 0 Å². The van der Waals surface area contributed by atoms with Gasteiger partial charge in [0.15, 0.2) is 0 Å². The number of aromatic nitrogens is 2. The molecule has 21 heavy (non-hydrogen) atoms. The quantitative estimate of drug-likeness (QED) is 0.807. The number of carbonyl (C=O) groups is 1. The summed E-state index contributed by atoms with van der Waals surface area (Å²) in [6, 6.07) is 13.0. The number of nitrogens with one attached hydrogen (secondary N) is 1. The third-order valence-corrected chi connectivity index (χ3v) is 3.69. The Morgan fingerprint density at radius 1 is 1.29 bits per heavy atom. The number of aryl methyl sites for hydroxylation is 1. The van der Waals surface area contributed by atoms with E-state index in [4.69, 9.17) is 11.6 Å². The number of fused-ring (bicyclic) bond motifs is 1. The lowest BCUT2D eigenvalue weighted by molar-refractivity contribution is 0.0951. The molecule has 1 heterocycles. The van der Waals surface area contributed by atoms with Crippen LogP contribution in [0.15, 0.2) is 48.8 Å². The van der Waals surface area contributed by atoms with Gasteiger partial charge in [0.1, 0.15) is 0 Å². The molecule has 1 N–H and O–H groups in total. The van der Waals surface area contributed by atoms with E-state index in [0.717, 1.165) is 16.6 Å². The normalized spacial score (nSPS) is 10.8. The average Bonchev–Trinajstić information content (AvgIpc) is 2.86. The van der Waals surface area contributed by atoms with Gasteiger partial charge < -0.3 is 9.88 Å². The molecule has 0 saturated carbocycles. The molecule has 0 atom stereocenters. The molecule has 1 amide bonds. The van der Waals surface area contributed by atoms with Crippen molar-refractivity contribution in [3.8, 4) is 0 Å². The van der Waals surface area contributed by atoms with Gasteiger partial charge in [-0.1, -0.05) is 29.8 Å². The number of nitrogens with zero attached hydrogens (tertiary/aromatic N) is 2. The van der Waals surface area contributed by atoms with Gasteiger partial charge in [0.2, 0.25) is 0 Å². The lowest BCUT2D eigenvalue weighted by Crippen LogP contribution is -2.23. The topological polar surface area (TPSA) is 46.9 Å². The van der Waals surface area contributed by atoms with Crippen molar-refractivity contribution in [3.05, 3.63) is 64.9 Å². The minimum atomic E-state index is -0.179. The van der Waals surface area contributed by atoms with E-state index in [0.29, 0.717) is 17.1 Å². The van der Waals surface area contributed by atoms with Crippen LogP contribution in [0.2, 0.25) is 5.02 Å². The van der Waals surface area contributed by atoms with Crippen LogP contribution in [-0.4, -0.2) is 15.5 Å². The molecular weight excluding hydrogens is 286 g/mol. The number of benzene rings is 2. The predicted molar refractivity (Wildman–Crippen MR) is 83.3 cm³/mol. The minimum absolute atomic E-state index is 0.179. The number of halogens is 1. The van der Waals surface area contributed by atoms with E-state index < -0.39 is 0 Å². The number of imidazole rings is 1. The molecule has 0 aliphatic rings. The summed E-state index contributed by atoms with van der Waals surface area (Å²) in [4.78, 5) is 16.4. The van der Waals surface area contributed by atoms with E-state index in [9.17, 15) is 4.79 Å². The molecular formula is C16H14ClN3O. The highest BCUT2D eigenvalue weighted by Gasteiger charge is 2.09. The first kappa shape index (κ1) is 13.6. The lowest BCUT2D eigenvalue weighted by Gasteiger charge is -2.07. The smallest absolute Gasteiger partial charge is 0.253 e. The van der Waals surface area contributed by atoms with Crippen LogP contribution in [-0.2, 0) is 13.6 Å². The van der Waals surface area contributed by atoms with Crippen molar-refractivity contribution < 1.29 is 4.79 Å². The lowest BCUT2D eigenvalue weighted by atomic mass is 10.1. The highest BCUT2D eigenvalue weighted by Crippen LogP contribution is 2.16.